The van der Waals surface area contributed by atoms with Crippen LogP contribution in [-0.2, 0) is 11.6 Å². The first-order chi connectivity index (χ1) is 18.5. The quantitative estimate of drug-likeness (QED) is 0.217. The van der Waals surface area contributed by atoms with Gasteiger partial charge >= 0.3 is 0 Å². The largest absolute Gasteiger partial charge is 0.343 e. The fourth-order valence-electron chi connectivity index (χ4n) is 5.77. The van der Waals surface area contributed by atoms with Gasteiger partial charge in [0.1, 0.15) is 0 Å². The van der Waals surface area contributed by atoms with Crippen LogP contribution in [0.15, 0.2) is 127 Å². The zero-order valence-electron chi connectivity index (χ0n) is 21.9. The lowest BCUT2D eigenvalue weighted by Crippen LogP contribution is -2.26. The summed E-state index contributed by atoms with van der Waals surface area (Å²) in [6.07, 6.45) is 0. The Kier molecular flexibility index (Phi) is 6.14. The second kappa shape index (κ2) is 9.63. The second-order valence-electron chi connectivity index (χ2n) is 9.97. The van der Waals surface area contributed by atoms with Crippen LogP contribution in [0.1, 0.15) is 11.1 Å². The molecule has 0 fully saturated rings. The molecule has 2 nitrogen and oxygen atoms in total. The minimum absolute atomic E-state index is 0.838. The van der Waals surface area contributed by atoms with Crippen LogP contribution in [0.25, 0.3) is 33.3 Å². The predicted molar refractivity (Wildman–Crippen MR) is 163 cm³/mol. The van der Waals surface area contributed by atoms with Crippen molar-refractivity contribution >= 4 is 34.0 Å². The van der Waals surface area contributed by atoms with Gasteiger partial charge in [-0.1, -0.05) is 132 Å². The summed E-state index contributed by atoms with van der Waals surface area (Å²) in [7, 11) is -1.06. The molecule has 1 heterocycles. The second-order valence-corrected chi connectivity index (χ2v) is 12.7. The van der Waals surface area contributed by atoms with Crippen molar-refractivity contribution in [1.82, 2.24) is 4.57 Å². The van der Waals surface area contributed by atoms with E-state index in [0.717, 1.165) is 32.7 Å². The van der Waals surface area contributed by atoms with Crippen LogP contribution < -0.4 is 15.9 Å². The lowest BCUT2D eigenvalue weighted by Gasteiger charge is -2.23. The van der Waals surface area contributed by atoms with Crippen molar-refractivity contribution in [2.75, 3.05) is 0 Å². The number of nitrogens with zero attached hydrogens (tertiary/aromatic N) is 1. The topological polar surface area (TPSA) is 22.0 Å². The molecule has 0 N–H and O–H groups in total. The first-order valence-electron chi connectivity index (χ1n) is 13.0. The molecule has 3 heteroatoms. The van der Waals surface area contributed by atoms with E-state index in [4.69, 9.17) is 0 Å². The summed E-state index contributed by atoms with van der Waals surface area (Å²) in [6, 6.07) is 43.4. The summed E-state index contributed by atoms with van der Waals surface area (Å²) in [5, 5.41) is 3.73. The monoisotopic (exact) mass is 511 g/mol. The maximum atomic E-state index is 15.5. The van der Waals surface area contributed by atoms with E-state index >= 15 is 4.57 Å². The molecule has 0 amide bonds. The Morgan fingerprint density at radius 2 is 1.13 bits per heavy atom. The summed E-state index contributed by atoms with van der Waals surface area (Å²) in [4.78, 5) is 0. The molecule has 0 spiro atoms. The molecule has 0 saturated carbocycles. The highest BCUT2D eigenvalue weighted by atomic mass is 31.2. The fraction of sp³-hybridized carbons (Fsp3) is 0.0857. The summed E-state index contributed by atoms with van der Waals surface area (Å²) >= 11 is 0. The molecule has 0 unspecified atom stereocenters. The number of hydrogen-bond acceptors (Lipinski definition) is 1. The Morgan fingerprint density at radius 1 is 0.605 bits per heavy atom. The molecule has 38 heavy (non-hydrogen) atoms. The van der Waals surface area contributed by atoms with Gasteiger partial charge in [0.25, 0.3) is 0 Å². The number of para-hydroxylation sites is 1. The average Bonchev–Trinajstić information content (AvgIpc) is 3.25. The van der Waals surface area contributed by atoms with Crippen molar-refractivity contribution in [2.24, 2.45) is 7.05 Å². The zero-order chi connectivity index (χ0) is 26.3. The highest BCUT2D eigenvalue weighted by Crippen LogP contribution is 2.48. The normalized spacial score (nSPS) is 11.7. The van der Waals surface area contributed by atoms with E-state index in [1.54, 1.807) is 0 Å². The predicted octanol–water partition coefficient (Wildman–Crippen LogP) is 7.77. The van der Waals surface area contributed by atoms with Crippen molar-refractivity contribution < 1.29 is 4.57 Å². The number of aromatic nitrogens is 1. The minimum Gasteiger partial charge on any atom is -0.343 e. The molecule has 6 rings (SSSR count). The Balaban J connectivity index is 1.73. The van der Waals surface area contributed by atoms with Crippen LogP contribution in [0, 0.1) is 13.8 Å². The molecule has 0 aliphatic rings. The Labute approximate surface area is 224 Å². The third-order valence-electron chi connectivity index (χ3n) is 7.36. The van der Waals surface area contributed by atoms with Gasteiger partial charge in [0.15, 0.2) is 7.14 Å². The van der Waals surface area contributed by atoms with Gasteiger partial charge in [-0.15, -0.1) is 0 Å². The van der Waals surface area contributed by atoms with Crippen molar-refractivity contribution in [2.45, 2.75) is 13.8 Å². The first kappa shape index (κ1) is 24.2. The van der Waals surface area contributed by atoms with Gasteiger partial charge in [-0.05, 0) is 25.5 Å². The minimum atomic E-state index is -3.19. The number of hydrogen-bond donors (Lipinski definition) is 0. The van der Waals surface area contributed by atoms with Crippen LogP contribution in [0.2, 0.25) is 0 Å². The van der Waals surface area contributed by atoms with Crippen molar-refractivity contribution in [3.8, 4) is 22.4 Å². The molecular weight excluding hydrogens is 481 g/mol. The molecule has 0 saturated heterocycles. The van der Waals surface area contributed by atoms with Crippen LogP contribution in [0.4, 0.5) is 0 Å². The van der Waals surface area contributed by atoms with Crippen molar-refractivity contribution in [3.63, 3.8) is 0 Å². The Hall–Kier alpha value is -4.13. The standard InChI is InChI=1S/C35H30NOP/c1-25-22-26(2)24-27(23-25)34-30-18-10-12-20-32(30)36(3)35(34)31-19-11-13-21-33(31)38(37,28-14-6-4-7-15-28)29-16-8-5-9-17-29/h4-24H,1-3H3. The fourth-order valence-corrected chi connectivity index (χ4v) is 8.63. The molecule has 0 aliphatic heterocycles. The maximum absolute atomic E-state index is 15.5. The Bertz CT molecular complexity index is 1750. The molecule has 0 radical (unpaired) electrons. The van der Waals surface area contributed by atoms with Gasteiger partial charge < -0.3 is 9.13 Å². The van der Waals surface area contributed by atoms with Crippen LogP contribution in [-0.4, -0.2) is 4.57 Å². The SMILES string of the molecule is Cc1cc(C)cc(-c2c(-c3ccccc3P(=O)(c3ccccc3)c3ccccc3)n(C)c3ccccc23)c1. The van der Waals surface area contributed by atoms with E-state index in [1.165, 1.54) is 27.6 Å². The molecule has 6 aromatic rings. The lowest BCUT2D eigenvalue weighted by molar-refractivity contribution is 0.592. The van der Waals surface area contributed by atoms with E-state index in [9.17, 15) is 0 Å². The molecule has 0 atom stereocenters. The van der Waals surface area contributed by atoms with E-state index < -0.39 is 7.14 Å². The molecule has 186 valence electrons. The number of aryl methyl sites for hydroxylation is 3. The van der Waals surface area contributed by atoms with Gasteiger partial charge in [-0.3, -0.25) is 0 Å². The van der Waals surface area contributed by atoms with E-state index in [0.29, 0.717) is 0 Å². The van der Waals surface area contributed by atoms with E-state index in [-0.39, 0.29) is 0 Å². The number of fused-ring (bicyclic) bond motifs is 1. The number of rotatable bonds is 5. The molecular formula is C35H30NOP. The number of benzene rings is 5. The maximum Gasteiger partial charge on any atom is 0.171 e. The highest BCUT2D eigenvalue weighted by Gasteiger charge is 2.33. The first-order valence-corrected chi connectivity index (χ1v) is 14.7. The van der Waals surface area contributed by atoms with Crippen LogP contribution in [0.5, 0.6) is 0 Å². The highest BCUT2D eigenvalue weighted by molar-refractivity contribution is 7.85. The van der Waals surface area contributed by atoms with Gasteiger partial charge in [0.05, 0.1) is 5.69 Å². The average molecular weight is 512 g/mol. The smallest absolute Gasteiger partial charge is 0.171 e. The Morgan fingerprint density at radius 3 is 1.76 bits per heavy atom. The van der Waals surface area contributed by atoms with Gasteiger partial charge in [-0.2, -0.15) is 0 Å². The summed E-state index contributed by atoms with van der Waals surface area (Å²) in [5.41, 5.74) is 8.04. The van der Waals surface area contributed by atoms with E-state index in [2.05, 4.69) is 86.1 Å². The van der Waals surface area contributed by atoms with Crippen LogP contribution in [0.3, 0.4) is 0 Å². The molecule has 5 aromatic carbocycles. The molecule has 0 bridgehead atoms. The summed E-state index contributed by atoms with van der Waals surface area (Å²) < 4.78 is 17.8. The van der Waals surface area contributed by atoms with Crippen LogP contribution >= 0.6 is 7.14 Å². The lowest BCUT2D eigenvalue weighted by atomic mass is 9.95. The third kappa shape index (κ3) is 3.93. The molecule has 0 aliphatic carbocycles. The molecule has 1 aromatic heterocycles. The van der Waals surface area contributed by atoms with Gasteiger partial charge in [0, 0.05) is 45.0 Å². The summed E-state index contributed by atoms with van der Waals surface area (Å²) in [6.45, 7) is 4.29. The van der Waals surface area contributed by atoms with Gasteiger partial charge in [-0.25, -0.2) is 0 Å². The van der Waals surface area contributed by atoms with Crippen molar-refractivity contribution in [3.05, 3.63) is 139 Å². The van der Waals surface area contributed by atoms with E-state index in [1.807, 2.05) is 66.7 Å². The summed E-state index contributed by atoms with van der Waals surface area (Å²) in [5.74, 6) is 0. The van der Waals surface area contributed by atoms with Crippen molar-refractivity contribution in [1.29, 1.82) is 0 Å². The third-order valence-corrected chi connectivity index (χ3v) is 10.5. The zero-order valence-corrected chi connectivity index (χ0v) is 22.8. The van der Waals surface area contributed by atoms with Gasteiger partial charge in [0.2, 0.25) is 0 Å².